The van der Waals surface area contributed by atoms with Crippen LogP contribution < -0.4 is 10.3 Å². The van der Waals surface area contributed by atoms with E-state index in [4.69, 9.17) is 4.74 Å². The second kappa shape index (κ2) is 7.80. The summed E-state index contributed by atoms with van der Waals surface area (Å²) in [7, 11) is 1.62. The van der Waals surface area contributed by atoms with Gasteiger partial charge in [-0.1, -0.05) is 17.7 Å². The van der Waals surface area contributed by atoms with Crippen LogP contribution >= 0.6 is 0 Å². The highest BCUT2D eigenvalue weighted by atomic mass is 16.5. The molecule has 0 fully saturated rings. The van der Waals surface area contributed by atoms with E-state index in [0.29, 0.717) is 11.2 Å². The van der Waals surface area contributed by atoms with Crippen LogP contribution in [0.4, 0.5) is 0 Å². The van der Waals surface area contributed by atoms with Crippen LogP contribution in [0.25, 0.3) is 16.8 Å². The van der Waals surface area contributed by atoms with E-state index in [1.54, 1.807) is 30.1 Å². The van der Waals surface area contributed by atoms with E-state index < -0.39 is 6.10 Å². The Morgan fingerprint density at radius 3 is 2.33 bits per heavy atom. The maximum absolute atomic E-state index is 13.0. The van der Waals surface area contributed by atoms with Gasteiger partial charge in [0.05, 0.1) is 25.5 Å². The Morgan fingerprint density at radius 1 is 1.03 bits per heavy atom. The van der Waals surface area contributed by atoms with E-state index in [9.17, 15) is 9.90 Å². The first kappa shape index (κ1) is 19.9. The number of benzene rings is 2. The fraction of sp³-hybridized carbons (Fsp3) is 0.250. The van der Waals surface area contributed by atoms with Gasteiger partial charge in [0.1, 0.15) is 11.3 Å². The first-order valence-electron chi connectivity index (χ1n) is 9.86. The first-order chi connectivity index (χ1) is 14.4. The Balaban J connectivity index is 1.67. The normalized spacial score (nSPS) is 12.3. The summed E-state index contributed by atoms with van der Waals surface area (Å²) in [4.78, 5) is 13.0. The second-order valence-electron chi connectivity index (χ2n) is 7.67. The molecule has 6 heteroatoms. The van der Waals surface area contributed by atoms with Gasteiger partial charge in [-0.25, -0.2) is 4.52 Å². The number of fused-ring (bicyclic) bond motifs is 1. The number of methoxy groups -OCH3 is 1. The molecule has 1 N–H and O–H groups in total. The molecule has 0 aliphatic rings. The van der Waals surface area contributed by atoms with Crippen LogP contribution in [-0.2, 0) is 6.54 Å². The van der Waals surface area contributed by atoms with Crippen LogP contribution in [0.1, 0.15) is 28.4 Å². The lowest BCUT2D eigenvalue weighted by Gasteiger charge is -2.18. The molecule has 0 aliphatic carbocycles. The van der Waals surface area contributed by atoms with Crippen molar-refractivity contribution in [3.05, 3.63) is 87.5 Å². The molecule has 0 saturated carbocycles. The molecule has 0 radical (unpaired) electrons. The van der Waals surface area contributed by atoms with Gasteiger partial charge in [0.2, 0.25) is 0 Å². The topological polar surface area (TPSA) is 68.8 Å². The molecule has 6 nitrogen and oxygen atoms in total. The lowest BCUT2D eigenvalue weighted by Crippen LogP contribution is -2.24. The van der Waals surface area contributed by atoms with Crippen molar-refractivity contribution in [2.24, 2.45) is 0 Å². The molecule has 0 spiro atoms. The molecule has 0 amide bonds. The van der Waals surface area contributed by atoms with Gasteiger partial charge in [-0.05, 0) is 67.8 Å². The summed E-state index contributed by atoms with van der Waals surface area (Å²) < 4.78 is 8.31. The number of nitrogens with zero attached hydrogens (tertiary/aromatic N) is 3. The second-order valence-corrected chi connectivity index (χ2v) is 7.67. The zero-order valence-electron chi connectivity index (χ0n) is 17.6. The molecule has 1 atom stereocenters. The minimum atomic E-state index is -0.769. The highest BCUT2D eigenvalue weighted by Gasteiger charge is 2.17. The van der Waals surface area contributed by atoms with Gasteiger partial charge in [-0.2, -0.15) is 5.10 Å². The monoisotopic (exact) mass is 403 g/mol. The van der Waals surface area contributed by atoms with Crippen molar-refractivity contribution in [1.82, 2.24) is 14.2 Å². The highest BCUT2D eigenvalue weighted by molar-refractivity contribution is 5.66. The number of aliphatic hydroxyl groups excluding tert-OH is 1. The van der Waals surface area contributed by atoms with Crippen LogP contribution in [-0.4, -0.2) is 26.4 Å². The van der Waals surface area contributed by atoms with Crippen molar-refractivity contribution in [1.29, 1.82) is 0 Å². The molecule has 2 aromatic carbocycles. The zero-order valence-corrected chi connectivity index (χ0v) is 17.6. The molecule has 0 saturated heterocycles. The van der Waals surface area contributed by atoms with Gasteiger partial charge in [0.25, 0.3) is 5.56 Å². The molecule has 2 heterocycles. The molecule has 30 heavy (non-hydrogen) atoms. The first-order valence-corrected chi connectivity index (χ1v) is 9.86. The van der Waals surface area contributed by atoms with Crippen LogP contribution in [0.15, 0.2) is 59.7 Å². The number of aliphatic hydroxyl groups is 1. The standard InChI is InChI=1S/C24H25N3O3/c1-15-11-16(2)23(17(3)12-15)22(28)14-26-9-10-27-21(24(26)29)13-20(25-27)18-5-7-19(30-4)8-6-18/h5-13,22,28H,14H2,1-4H3. The van der Waals surface area contributed by atoms with E-state index in [0.717, 1.165) is 33.6 Å². The van der Waals surface area contributed by atoms with E-state index >= 15 is 0 Å². The molecule has 4 rings (SSSR count). The molecule has 1 unspecified atom stereocenters. The van der Waals surface area contributed by atoms with Crippen molar-refractivity contribution in [3.63, 3.8) is 0 Å². The van der Waals surface area contributed by atoms with Crippen LogP contribution in [0.5, 0.6) is 5.75 Å². The number of ether oxygens (including phenoxy) is 1. The Hall–Kier alpha value is -3.38. The summed E-state index contributed by atoms with van der Waals surface area (Å²) >= 11 is 0. The molecule has 4 aromatic rings. The van der Waals surface area contributed by atoms with Gasteiger partial charge in [0.15, 0.2) is 0 Å². The number of rotatable bonds is 5. The van der Waals surface area contributed by atoms with Crippen molar-refractivity contribution in [2.45, 2.75) is 33.4 Å². The average molecular weight is 403 g/mol. The third-order valence-corrected chi connectivity index (χ3v) is 5.43. The van der Waals surface area contributed by atoms with Gasteiger partial charge in [0, 0.05) is 18.0 Å². The van der Waals surface area contributed by atoms with Crippen LogP contribution in [0.2, 0.25) is 0 Å². The van der Waals surface area contributed by atoms with Crippen molar-refractivity contribution < 1.29 is 9.84 Å². The Kier molecular flexibility index (Phi) is 5.18. The maximum atomic E-state index is 13.0. The summed E-state index contributed by atoms with van der Waals surface area (Å²) in [6, 6.07) is 13.4. The SMILES string of the molecule is COc1ccc(-c2cc3c(=O)n(CC(O)c4c(C)cc(C)cc4C)ccn3n2)cc1. The Bertz CT molecular complexity index is 1250. The van der Waals surface area contributed by atoms with Gasteiger partial charge >= 0.3 is 0 Å². The fourth-order valence-corrected chi connectivity index (χ4v) is 4.07. The molecule has 2 aromatic heterocycles. The molecular formula is C24H25N3O3. The van der Waals surface area contributed by atoms with Crippen molar-refractivity contribution in [2.75, 3.05) is 7.11 Å². The number of hydrogen-bond donors (Lipinski definition) is 1. The van der Waals surface area contributed by atoms with E-state index in [1.807, 2.05) is 45.0 Å². The maximum Gasteiger partial charge on any atom is 0.276 e. The highest BCUT2D eigenvalue weighted by Crippen LogP contribution is 2.25. The summed E-state index contributed by atoms with van der Waals surface area (Å²) in [6.45, 7) is 6.20. The van der Waals surface area contributed by atoms with Crippen molar-refractivity contribution >= 4 is 5.52 Å². The quantitative estimate of drug-likeness (QED) is 0.550. The number of aryl methyl sites for hydroxylation is 3. The summed E-state index contributed by atoms with van der Waals surface area (Å²) in [6.07, 6.45) is 2.64. The fourth-order valence-electron chi connectivity index (χ4n) is 4.07. The molecule has 0 bridgehead atoms. The third kappa shape index (κ3) is 3.62. The van der Waals surface area contributed by atoms with Crippen LogP contribution in [0.3, 0.4) is 0 Å². The van der Waals surface area contributed by atoms with Crippen LogP contribution in [0, 0.1) is 20.8 Å². The minimum Gasteiger partial charge on any atom is -0.497 e. The summed E-state index contributed by atoms with van der Waals surface area (Å²) in [5.74, 6) is 0.764. The largest absolute Gasteiger partial charge is 0.497 e. The summed E-state index contributed by atoms with van der Waals surface area (Å²) in [5.41, 5.74) is 5.97. The van der Waals surface area contributed by atoms with E-state index in [-0.39, 0.29) is 12.1 Å². The lowest BCUT2D eigenvalue weighted by atomic mass is 9.95. The molecule has 154 valence electrons. The Labute approximate surface area is 175 Å². The van der Waals surface area contributed by atoms with E-state index in [1.165, 1.54) is 4.57 Å². The Morgan fingerprint density at radius 2 is 1.70 bits per heavy atom. The summed E-state index contributed by atoms with van der Waals surface area (Å²) in [5, 5.41) is 15.4. The molecule has 0 aliphatic heterocycles. The third-order valence-electron chi connectivity index (χ3n) is 5.43. The zero-order chi connectivity index (χ0) is 21.4. The van der Waals surface area contributed by atoms with Crippen molar-refractivity contribution in [3.8, 4) is 17.0 Å². The predicted octanol–water partition coefficient (Wildman–Crippen LogP) is 3.83. The number of aromatic nitrogens is 3. The molecular weight excluding hydrogens is 378 g/mol. The van der Waals surface area contributed by atoms with Gasteiger partial charge in [-0.15, -0.1) is 0 Å². The minimum absolute atomic E-state index is 0.184. The van der Waals surface area contributed by atoms with Gasteiger partial charge < -0.3 is 14.4 Å². The van der Waals surface area contributed by atoms with Gasteiger partial charge in [-0.3, -0.25) is 4.79 Å². The van der Waals surface area contributed by atoms with E-state index in [2.05, 4.69) is 17.2 Å². The lowest BCUT2D eigenvalue weighted by molar-refractivity contribution is 0.153. The average Bonchev–Trinajstić information content (AvgIpc) is 3.14. The predicted molar refractivity (Wildman–Crippen MR) is 117 cm³/mol. The smallest absolute Gasteiger partial charge is 0.276 e. The number of hydrogen-bond acceptors (Lipinski definition) is 4.